The number of hydrogen-bond donors (Lipinski definition) is 2. The van der Waals surface area contributed by atoms with Crippen LogP contribution in [0.1, 0.15) is 26.3 Å². The molecule has 35 heavy (non-hydrogen) atoms. The summed E-state index contributed by atoms with van der Waals surface area (Å²) in [5, 5.41) is 5.83. The van der Waals surface area contributed by atoms with Gasteiger partial charge >= 0.3 is 6.03 Å². The van der Waals surface area contributed by atoms with Gasteiger partial charge in [-0.05, 0) is 70.6 Å². The predicted octanol–water partition coefficient (Wildman–Crippen LogP) is 7.00. The third kappa shape index (κ3) is 4.92. The van der Waals surface area contributed by atoms with Crippen molar-refractivity contribution >= 4 is 23.1 Å². The molecule has 0 spiro atoms. The molecule has 0 unspecified atom stereocenters. The SMILES string of the molecule is CC(C)(C)c1cccc(NC(=O)Nc2ccc(-c3cnc4cc(-c5ccncc5)ccn34)cc2)c1. The highest BCUT2D eigenvalue weighted by atomic mass is 16.2. The van der Waals surface area contributed by atoms with Gasteiger partial charge in [-0.2, -0.15) is 0 Å². The lowest BCUT2D eigenvalue weighted by Crippen LogP contribution is -2.20. The maximum Gasteiger partial charge on any atom is 0.323 e. The van der Waals surface area contributed by atoms with E-state index in [-0.39, 0.29) is 11.4 Å². The highest BCUT2D eigenvalue weighted by Gasteiger charge is 2.14. The zero-order valence-corrected chi connectivity index (χ0v) is 20.0. The fourth-order valence-electron chi connectivity index (χ4n) is 4.00. The number of fused-ring (bicyclic) bond motifs is 1. The quantitative estimate of drug-likeness (QED) is 0.302. The second kappa shape index (κ2) is 9.06. The largest absolute Gasteiger partial charge is 0.323 e. The molecular weight excluding hydrogens is 434 g/mol. The van der Waals surface area contributed by atoms with E-state index < -0.39 is 0 Å². The van der Waals surface area contributed by atoms with Gasteiger partial charge in [0.25, 0.3) is 0 Å². The molecule has 3 heterocycles. The molecule has 0 aliphatic carbocycles. The van der Waals surface area contributed by atoms with Crippen molar-refractivity contribution in [3.05, 3.63) is 103 Å². The van der Waals surface area contributed by atoms with Crippen molar-refractivity contribution < 1.29 is 4.79 Å². The Kier molecular flexibility index (Phi) is 5.79. The average Bonchev–Trinajstić information content (AvgIpc) is 3.28. The topological polar surface area (TPSA) is 71.3 Å². The Balaban J connectivity index is 1.30. The lowest BCUT2D eigenvalue weighted by molar-refractivity contribution is 0.262. The number of urea groups is 1. The van der Waals surface area contributed by atoms with Crippen molar-refractivity contribution in [2.45, 2.75) is 26.2 Å². The number of hydrogen-bond acceptors (Lipinski definition) is 3. The number of benzene rings is 2. The number of pyridine rings is 2. The Morgan fingerprint density at radius 1 is 0.800 bits per heavy atom. The Labute approximate surface area is 204 Å². The third-order valence-electron chi connectivity index (χ3n) is 5.95. The summed E-state index contributed by atoms with van der Waals surface area (Å²) in [7, 11) is 0. The van der Waals surface area contributed by atoms with Gasteiger partial charge in [0.2, 0.25) is 0 Å². The number of nitrogens with one attached hydrogen (secondary N) is 2. The standard InChI is InChI=1S/C29H27N5O/c1-29(2,3)23-5-4-6-25(18-23)33-28(35)32-24-9-7-21(8-10-24)26-19-31-27-17-22(13-16-34(26)27)20-11-14-30-15-12-20/h4-19H,1-3H3,(H2,32,33,35). The molecule has 0 radical (unpaired) electrons. The molecule has 0 bridgehead atoms. The molecule has 0 aliphatic rings. The summed E-state index contributed by atoms with van der Waals surface area (Å²) in [6, 6.07) is 23.5. The van der Waals surface area contributed by atoms with Gasteiger partial charge in [0, 0.05) is 35.5 Å². The number of rotatable bonds is 4. The van der Waals surface area contributed by atoms with E-state index in [0.717, 1.165) is 33.7 Å². The molecule has 5 rings (SSSR count). The predicted molar refractivity (Wildman–Crippen MR) is 142 cm³/mol. The van der Waals surface area contributed by atoms with E-state index in [1.165, 1.54) is 5.56 Å². The Bertz CT molecular complexity index is 1480. The van der Waals surface area contributed by atoms with E-state index in [4.69, 9.17) is 0 Å². The van der Waals surface area contributed by atoms with Gasteiger partial charge in [0.15, 0.2) is 0 Å². The summed E-state index contributed by atoms with van der Waals surface area (Å²) in [6.45, 7) is 6.45. The summed E-state index contributed by atoms with van der Waals surface area (Å²) in [5.74, 6) is 0. The van der Waals surface area contributed by atoms with Crippen LogP contribution in [0.25, 0.3) is 28.0 Å². The Hall–Kier alpha value is -4.45. The minimum atomic E-state index is -0.276. The van der Waals surface area contributed by atoms with E-state index in [2.05, 4.69) is 64.0 Å². The van der Waals surface area contributed by atoms with Crippen molar-refractivity contribution in [1.82, 2.24) is 14.4 Å². The molecule has 174 valence electrons. The number of anilines is 2. The van der Waals surface area contributed by atoms with Crippen LogP contribution >= 0.6 is 0 Å². The summed E-state index contributed by atoms with van der Waals surface area (Å²) in [5.41, 5.74) is 7.72. The second-order valence-electron chi connectivity index (χ2n) is 9.51. The zero-order chi connectivity index (χ0) is 24.4. The highest BCUT2D eigenvalue weighted by Crippen LogP contribution is 2.27. The van der Waals surface area contributed by atoms with Crippen LogP contribution in [-0.2, 0) is 5.41 Å². The van der Waals surface area contributed by atoms with Gasteiger partial charge in [-0.3, -0.25) is 9.38 Å². The van der Waals surface area contributed by atoms with Crippen molar-refractivity contribution in [1.29, 1.82) is 0 Å². The van der Waals surface area contributed by atoms with E-state index in [1.807, 2.05) is 67.0 Å². The summed E-state index contributed by atoms with van der Waals surface area (Å²) < 4.78 is 2.06. The lowest BCUT2D eigenvalue weighted by atomic mass is 9.87. The minimum Gasteiger partial charge on any atom is -0.308 e. The molecule has 6 nitrogen and oxygen atoms in total. The highest BCUT2D eigenvalue weighted by molar-refractivity contribution is 5.99. The van der Waals surface area contributed by atoms with Crippen LogP contribution in [0.5, 0.6) is 0 Å². The molecule has 2 amide bonds. The molecule has 0 saturated heterocycles. The molecule has 0 atom stereocenters. The van der Waals surface area contributed by atoms with Gasteiger partial charge < -0.3 is 10.6 Å². The van der Waals surface area contributed by atoms with Crippen molar-refractivity contribution in [2.24, 2.45) is 0 Å². The van der Waals surface area contributed by atoms with Crippen molar-refractivity contribution in [3.8, 4) is 22.4 Å². The fraction of sp³-hybridized carbons (Fsp3) is 0.138. The second-order valence-corrected chi connectivity index (χ2v) is 9.51. The van der Waals surface area contributed by atoms with Crippen LogP contribution in [0.4, 0.5) is 16.2 Å². The first kappa shape index (κ1) is 22.3. The lowest BCUT2D eigenvalue weighted by Gasteiger charge is -2.20. The molecule has 2 aromatic carbocycles. The first-order valence-electron chi connectivity index (χ1n) is 11.5. The molecule has 6 heteroatoms. The first-order chi connectivity index (χ1) is 16.9. The van der Waals surface area contributed by atoms with Gasteiger partial charge in [0.1, 0.15) is 5.65 Å². The van der Waals surface area contributed by atoms with Crippen LogP contribution < -0.4 is 10.6 Å². The van der Waals surface area contributed by atoms with E-state index in [0.29, 0.717) is 5.69 Å². The van der Waals surface area contributed by atoms with Crippen LogP contribution in [0, 0.1) is 0 Å². The number of aromatic nitrogens is 3. The summed E-state index contributed by atoms with van der Waals surface area (Å²) >= 11 is 0. The molecule has 0 saturated carbocycles. The molecule has 5 aromatic rings. The smallest absolute Gasteiger partial charge is 0.308 e. The van der Waals surface area contributed by atoms with Crippen LogP contribution in [0.15, 0.2) is 97.6 Å². The molecule has 0 aliphatic heterocycles. The summed E-state index contributed by atoms with van der Waals surface area (Å²) in [4.78, 5) is 21.2. The summed E-state index contributed by atoms with van der Waals surface area (Å²) in [6.07, 6.45) is 7.46. The third-order valence-corrected chi connectivity index (χ3v) is 5.95. The number of carbonyl (C=O) groups is 1. The van der Waals surface area contributed by atoms with E-state index >= 15 is 0 Å². The maximum absolute atomic E-state index is 12.5. The average molecular weight is 462 g/mol. The molecule has 2 N–H and O–H groups in total. The number of carbonyl (C=O) groups excluding carboxylic acids is 1. The number of amides is 2. The molecular formula is C29H27N5O. The van der Waals surface area contributed by atoms with E-state index in [1.54, 1.807) is 12.4 Å². The Morgan fingerprint density at radius 2 is 1.54 bits per heavy atom. The molecule has 0 fully saturated rings. The number of nitrogens with zero attached hydrogens (tertiary/aromatic N) is 3. The van der Waals surface area contributed by atoms with Gasteiger partial charge in [-0.15, -0.1) is 0 Å². The van der Waals surface area contributed by atoms with Gasteiger partial charge in [-0.1, -0.05) is 45.0 Å². The van der Waals surface area contributed by atoms with Gasteiger partial charge in [-0.25, -0.2) is 9.78 Å². The number of imidazole rings is 1. The zero-order valence-electron chi connectivity index (χ0n) is 20.0. The maximum atomic E-state index is 12.5. The van der Waals surface area contributed by atoms with Crippen LogP contribution in [0.3, 0.4) is 0 Å². The van der Waals surface area contributed by atoms with Crippen molar-refractivity contribution in [3.63, 3.8) is 0 Å². The van der Waals surface area contributed by atoms with Crippen molar-refractivity contribution in [2.75, 3.05) is 10.6 Å². The van der Waals surface area contributed by atoms with Gasteiger partial charge in [0.05, 0.1) is 11.9 Å². The monoisotopic (exact) mass is 461 g/mol. The van der Waals surface area contributed by atoms with E-state index in [9.17, 15) is 4.79 Å². The van der Waals surface area contributed by atoms with Crippen LogP contribution in [0.2, 0.25) is 0 Å². The Morgan fingerprint density at radius 3 is 2.29 bits per heavy atom. The molecule has 3 aromatic heterocycles. The minimum absolute atomic E-state index is 0.0163. The first-order valence-corrected chi connectivity index (χ1v) is 11.5. The fourth-order valence-corrected chi connectivity index (χ4v) is 4.00. The normalized spacial score (nSPS) is 11.4. The van der Waals surface area contributed by atoms with Crippen LogP contribution in [-0.4, -0.2) is 20.4 Å².